The lowest BCUT2D eigenvalue weighted by molar-refractivity contribution is 0.00932. The number of carbonyl (C=O) groups excluding carboxylic acids is 2. The van der Waals surface area contributed by atoms with Crippen LogP contribution >= 0.6 is 11.3 Å². The molecule has 3 heterocycles. The van der Waals surface area contributed by atoms with E-state index in [1.54, 1.807) is 31.3 Å². The monoisotopic (exact) mass is 372 g/mol. The topological polar surface area (TPSA) is 95.9 Å². The second-order valence-electron chi connectivity index (χ2n) is 6.17. The van der Waals surface area contributed by atoms with Gasteiger partial charge in [-0.3, -0.25) is 14.5 Å². The van der Waals surface area contributed by atoms with Gasteiger partial charge in [0.1, 0.15) is 5.00 Å². The van der Waals surface area contributed by atoms with Gasteiger partial charge in [-0.1, -0.05) is 12.1 Å². The molecule has 0 saturated carbocycles. The van der Waals surface area contributed by atoms with Crippen LogP contribution in [0.1, 0.15) is 41.5 Å². The summed E-state index contributed by atoms with van der Waals surface area (Å²) in [6.45, 7) is 0.380. The Balaban J connectivity index is 1.58. The van der Waals surface area contributed by atoms with Gasteiger partial charge < -0.3 is 15.2 Å². The van der Waals surface area contributed by atoms with E-state index in [9.17, 15) is 19.5 Å². The van der Waals surface area contributed by atoms with Gasteiger partial charge in [-0.05, 0) is 17.7 Å². The first kappa shape index (κ1) is 16.7. The molecule has 2 N–H and O–H groups in total. The Kier molecular flexibility index (Phi) is 4.01. The van der Waals surface area contributed by atoms with E-state index in [1.165, 1.54) is 16.2 Å². The molecule has 0 saturated heterocycles. The van der Waals surface area contributed by atoms with Crippen molar-refractivity contribution in [3.8, 4) is 0 Å². The summed E-state index contributed by atoms with van der Waals surface area (Å²) in [5, 5.41) is 13.0. The standard InChI is InChI=1S/C18H16N2O5S/c1-19-15-14(18(23)24)12-6-9(25-8-13(12)26-15)7-20-16(21)10-4-2-3-5-11(10)17(20)22/h2-5,9,19H,6-8H2,1H3,(H,23,24). The van der Waals surface area contributed by atoms with Crippen LogP contribution in [0.25, 0.3) is 0 Å². The molecule has 0 spiro atoms. The zero-order valence-electron chi connectivity index (χ0n) is 13.9. The van der Waals surface area contributed by atoms with Crippen molar-refractivity contribution >= 4 is 34.1 Å². The molecule has 8 heteroatoms. The Hall–Kier alpha value is -2.71. The SMILES string of the molecule is CNc1sc2c(c1C(=O)O)CC(CN1C(=O)c3ccccc3C1=O)OC2. The van der Waals surface area contributed by atoms with E-state index >= 15 is 0 Å². The van der Waals surface area contributed by atoms with Crippen LogP contribution in [0.3, 0.4) is 0 Å². The summed E-state index contributed by atoms with van der Waals surface area (Å²) in [4.78, 5) is 38.7. The zero-order valence-corrected chi connectivity index (χ0v) is 14.8. The summed E-state index contributed by atoms with van der Waals surface area (Å²) in [5.41, 5.74) is 1.77. The maximum atomic E-state index is 12.5. The highest BCUT2D eigenvalue weighted by Gasteiger charge is 2.38. The molecule has 2 amide bonds. The number of fused-ring (bicyclic) bond motifs is 2. The van der Waals surface area contributed by atoms with Gasteiger partial charge in [-0.2, -0.15) is 0 Å². The number of nitrogens with one attached hydrogen (secondary N) is 1. The fourth-order valence-corrected chi connectivity index (χ4v) is 4.55. The minimum absolute atomic E-state index is 0.107. The van der Waals surface area contributed by atoms with Crippen LogP contribution in [0.4, 0.5) is 5.00 Å². The Morgan fingerprint density at radius 3 is 2.54 bits per heavy atom. The van der Waals surface area contributed by atoms with Crippen molar-refractivity contribution in [2.45, 2.75) is 19.1 Å². The van der Waals surface area contributed by atoms with Crippen LogP contribution in [0, 0.1) is 0 Å². The Bertz CT molecular complexity index is 901. The fourth-order valence-electron chi connectivity index (χ4n) is 3.45. The third kappa shape index (κ3) is 2.49. The number of carboxylic acid groups (broad SMARTS) is 1. The summed E-state index contributed by atoms with van der Waals surface area (Å²) in [5.74, 6) is -1.66. The number of imide groups is 1. The molecule has 1 aromatic carbocycles. The van der Waals surface area contributed by atoms with E-state index in [2.05, 4.69) is 5.32 Å². The van der Waals surface area contributed by atoms with Crippen LogP contribution in [-0.2, 0) is 17.8 Å². The van der Waals surface area contributed by atoms with Gasteiger partial charge >= 0.3 is 5.97 Å². The van der Waals surface area contributed by atoms with Crippen LogP contribution in [0.5, 0.6) is 0 Å². The lowest BCUT2D eigenvalue weighted by atomic mass is 10.0. The summed E-state index contributed by atoms with van der Waals surface area (Å²) in [6.07, 6.45) is -0.0788. The van der Waals surface area contributed by atoms with Crippen molar-refractivity contribution in [2.24, 2.45) is 0 Å². The third-order valence-corrected chi connectivity index (χ3v) is 5.90. The number of nitrogens with zero attached hydrogens (tertiary/aromatic N) is 1. The largest absolute Gasteiger partial charge is 0.478 e. The Labute approximate surface area is 153 Å². The number of benzene rings is 1. The van der Waals surface area contributed by atoms with Crippen molar-refractivity contribution < 1.29 is 24.2 Å². The molecule has 1 aromatic heterocycles. The maximum absolute atomic E-state index is 12.5. The van der Waals surface area contributed by atoms with Crippen LogP contribution in [0.15, 0.2) is 24.3 Å². The van der Waals surface area contributed by atoms with E-state index in [1.807, 2.05) is 0 Å². The van der Waals surface area contributed by atoms with Gasteiger partial charge in [0.25, 0.3) is 11.8 Å². The van der Waals surface area contributed by atoms with Crippen LogP contribution in [-0.4, -0.2) is 47.5 Å². The number of hydrogen-bond acceptors (Lipinski definition) is 6. The minimum Gasteiger partial charge on any atom is -0.478 e. The molecule has 0 aliphatic carbocycles. The van der Waals surface area contributed by atoms with Gasteiger partial charge in [-0.25, -0.2) is 4.79 Å². The second kappa shape index (κ2) is 6.22. The van der Waals surface area contributed by atoms with E-state index in [-0.39, 0.29) is 30.5 Å². The molecule has 1 atom stereocenters. The average Bonchev–Trinajstić information content (AvgIpc) is 3.13. The predicted molar refractivity (Wildman–Crippen MR) is 94.9 cm³/mol. The molecule has 7 nitrogen and oxygen atoms in total. The number of ether oxygens (including phenoxy) is 1. The number of thiophene rings is 1. The molecule has 134 valence electrons. The van der Waals surface area contributed by atoms with Crippen molar-refractivity contribution in [1.82, 2.24) is 4.90 Å². The van der Waals surface area contributed by atoms with Crippen molar-refractivity contribution in [3.05, 3.63) is 51.4 Å². The molecule has 2 aromatic rings. The minimum atomic E-state index is -0.992. The second-order valence-corrected chi connectivity index (χ2v) is 7.27. The van der Waals surface area contributed by atoms with Gasteiger partial charge in [-0.15, -0.1) is 11.3 Å². The lowest BCUT2D eigenvalue weighted by Gasteiger charge is -2.26. The first-order valence-electron chi connectivity index (χ1n) is 8.13. The molecule has 4 rings (SSSR count). The number of hydrogen-bond donors (Lipinski definition) is 2. The smallest absolute Gasteiger partial charge is 0.338 e. The molecule has 0 radical (unpaired) electrons. The van der Waals surface area contributed by atoms with E-state index < -0.39 is 12.1 Å². The quantitative estimate of drug-likeness (QED) is 0.799. The first-order chi connectivity index (χ1) is 12.5. The molecule has 1 unspecified atom stereocenters. The Morgan fingerprint density at radius 1 is 1.31 bits per heavy atom. The maximum Gasteiger partial charge on any atom is 0.338 e. The highest BCUT2D eigenvalue weighted by molar-refractivity contribution is 7.16. The number of amides is 2. The number of carbonyl (C=O) groups is 3. The number of anilines is 1. The summed E-state index contributed by atoms with van der Waals surface area (Å²) >= 11 is 1.36. The molecule has 0 fully saturated rings. The molecular weight excluding hydrogens is 356 g/mol. The zero-order chi connectivity index (χ0) is 18.4. The molecule has 26 heavy (non-hydrogen) atoms. The fraction of sp³-hybridized carbons (Fsp3) is 0.278. The number of carboxylic acids is 1. The van der Waals surface area contributed by atoms with Gasteiger partial charge in [0, 0.05) is 18.3 Å². The summed E-state index contributed by atoms with van der Waals surface area (Å²) in [6, 6.07) is 6.72. The van der Waals surface area contributed by atoms with Crippen LogP contribution in [0.2, 0.25) is 0 Å². The van der Waals surface area contributed by atoms with Crippen LogP contribution < -0.4 is 5.32 Å². The van der Waals surface area contributed by atoms with Crippen molar-refractivity contribution in [3.63, 3.8) is 0 Å². The average molecular weight is 372 g/mol. The van der Waals surface area contributed by atoms with Gasteiger partial charge in [0.15, 0.2) is 0 Å². The predicted octanol–water partition coefficient (Wildman–Crippen LogP) is 2.23. The molecule has 2 aliphatic rings. The highest BCUT2D eigenvalue weighted by atomic mass is 32.1. The normalized spacial score (nSPS) is 18.7. The highest BCUT2D eigenvalue weighted by Crippen LogP contribution is 2.38. The van der Waals surface area contributed by atoms with E-state index in [4.69, 9.17) is 4.74 Å². The van der Waals surface area contributed by atoms with Gasteiger partial charge in [0.2, 0.25) is 0 Å². The lowest BCUT2D eigenvalue weighted by Crippen LogP contribution is -2.40. The number of aromatic carboxylic acids is 1. The summed E-state index contributed by atoms with van der Waals surface area (Å²) < 4.78 is 5.80. The first-order valence-corrected chi connectivity index (χ1v) is 8.95. The van der Waals surface area contributed by atoms with Gasteiger partial charge in [0.05, 0.1) is 35.9 Å². The molecular formula is C18H16N2O5S. The van der Waals surface area contributed by atoms with E-state index in [0.29, 0.717) is 22.5 Å². The number of rotatable bonds is 4. The van der Waals surface area contributed by atoms with E-state index in [0.717, 1.165) is 10.4 Å². The third-order valence-electron chi connectivity index (χ3n) is 4.68. The summed E-state index contributed by atoms with van der Waals surface area (Å²) in [7, 11) is 1.68. The van der Waals surface area contributed by atoms with Crippen molar-refractivity contribution in [2.75, 3.05) is 18.9 Å². The van der Waals surface area contributed by atoms with Crippen molar-refractivity contribution in [1.29, 1.82) is 0 Å². The molecule has 0 bridgehead atoms. The Morgan fingerprint density at radius 2 is 1.96 bits per heavy atom. The molecule has 2 aliphatic heterocycles.